The summed E-state index contributed by atoms with van der Waals surface area (Å²) in [4.78, 5) is 24.9. The van der Waals surface area contributed by atoms with Crippen molar-refractivity contribution in [1.82, 2.24) is 0 Å². The molecule has 0 amide bonds. The van der Waals surface area contributed by atoms with Gasteiger partial charge in [0, 0.05) is 38.8 Å². The lowest BCUT2D eigenvalue weighted by atomic mass is 9.75. The van der Waals surface area contributed by atoms with Crippen molar-refractivity contribution in [3.8, 4) is 11.5 Å². The van der Waals surface area contributed by atoms with Gasteiger partial charge in [-0.3, -0.25) is 0 Å². The molecule has 4 nitrogen and oxygen atoms in total. The third-order valence-corrected chi connectivity index (χ3v) is 6.21. The van der Waals surface area contributed by atoms with E-state index in [1.807, 2.05) is 101 Å². The molecule has 0 N–H and O–H groups in total. The monoisotopic (exact) mass is 524 g/mol. The van der Waals surface area contributed by atoms with Gasteiger partial charge in [-0.25, -0.2) is 9.59 Å². The van der Waals surface area contributed by atoms with E-state index in [-0.39, 0.29) is 0 Å². The highest BCUT2D eigenvalue weighted by Gasteiger charge is 2.28. The van der Waals surface area contributed by atoms with E-state index in [9.17, 15) is 9.59 Å². The highest BCUT2D eigenvalue weighted by atomic mass is 16.5. The topological polar surface area (TPSA) is 52.6 Å². The van der Waals surface area contributed by atoms with Crippen molar-refractivity contribution in [2.45, 2.75) is 60.8 Å². The van der Waals surface area contributed by atoms with Gasteiger partial charge in [0.25, 0.3) is 0 Å². The molecule has 0 aromatic heterocycles. The lowest BCUT2D eigenvalue weighted by Gasteiger charge is -2.29. The van der Waals surface area contributed by atoms with E-state index in [4.69, 9.17) is 9.47 Å². The fraction of sp³-hybridized carbons (Fsp3) is 0.257. The van der Waals surface area contributed by atoms with Gasteiger partial charge < -0.3 is 9.47 Å². The predicted molar refractivity (Wildman–Crippen MR) is 165 cm³/mol. The van der Waals surface area contributed by atoms with Crippen LogP contribution < -0.4 is 9.47 Å². The second-order valence-electron chi connectivity index (χ2n) is 9.93. The molecule has 0 atom stereocenters. The zero-order valence-corrected chi connectivity index (χ0v) is 24.5. The number of ether oxygens (including phenoxy) is 2. The molecule has 2 aromatic carbocycles. The summed E-state index contributed by atoms with van der Waals surface area (Å²) in [5.41, 5.74) is 5.43. The van der Waals surface area contributed by atoms with Crippen LogP contribution in [-0.4, -0.2) is 11.9 Å². The van der Waals surface area contributed by atoms with Gasteiger partial charge in [0.05, 0.1) is 0 Å². The molecule has 0 fully saturated rings. The molecule has 0 radical (unpaired) electrons. The molecule has 2 aromatic rings. The first kappa shape index (κ1) is 31.0. The van der Waals surface area contributed by atoms with Gasteiger partial charge >= 0.3 is 11.9 Å². The first-order chi connectivity index (χ1) is 18.4. The van der Waals surface area contributed by atoms with Crippen molar-refractivity contribution in [3.05, 3.63) is 106 Å². The second-order valence-corrected chi connectivity index (χ2v) is 9.93. The van der Waals surface area contributed by atoms with Crippen molar-refractivity contribution in [3.63, 3.8) is 0 Å². The average molecular weight is 525 g/mol. The van der Waals surface area contributed by atoms with Crippen LogP contribution in [0.15, 0.2) is 72.9 Å². The number of benzene rings is 2. The number of rotatable bonds is 10. The zero-order valence-electron chi connectivity index (χ0n) is 24.5. The van der Waals surface area contributed by atoms with E-state index >= 15 is 0 Å². The summed E-state index contributed by atoms with van der Waals surface area (Å²) in [5, 5.41) is 0. The second kappa shape index (κ2) is 13.6. The molecule has 2 rings (SSSR count). The molecule has 0 aliphatic heterocycles. The molecule has 0 aliphatic rings. The molecule has 0 aliphatic carbocycles. The van der Waals surface area contributed by atoms with Crippen molar-refractivity contribution < 1.29 is 19.1 Å². The summed E-state index contributed by atoms with van der Waals surface area (Å²) in [7, 11) is 0. The van der Waals surface area contributed by atoms with Crippen LogP contribution in [0.4, 0.5) is 0 Å². The Morgan fingerprint density at radius 3 is 1.08 bits per heavy atom. The number of hydrogen-bond acceptors (Lipinski definition) is 4. The first-order valence-corrected chi connectivity index (χ1v) is 13.0. The molecule has 0 unspecified atom stereocenters. The zero-order chi connectivity index (χ0) is 29.3. The Labute approximate surface area is 233 Å². The Kier molecular flexibility index (Phi) is 10.8. The van der Waals surface area contributed by atoms with Crippen LogP contribution in [0.2, 0.25) is 0 Å². The normalized spacial score (nSPS) is 12.1. The Bertz CT molecular complexity index is 1220. The SMILES string of the molecule is C=C(C)C(=O)Oc1c(C=CC)cc(C(C)(C)c2cc(C=CC)c(OC(=O)C(=C)C)c(C=CC)c2)cc1C=CC. The Hall–Kier alpha value is -4.18. The van der Waals surface area contributed by atoms with E-state index < -0.39 is 17.4 Å². The van der Waals surface area contributed by atoms with Gasteiger partial charge in [0.15, 0.2) is 0 Å². The lowest BCUT2D eigenvalue weighted by molar-refractivity contribution is -0.131. The quantitative estimate of drug-likeness (QED) is 0.177. The molecule has 204 valence electrons. The molecule has 0 heterocycles. The van der Waals surface area contributed by atoms with E-state index in [2.05, 4.69) is 27.0 Å². The van der Waals surface area contributed by atoms with Crippen LogP contribution in [0.1, 0.15) is 88.8 Å². The van der Waals surface area contributed by atoms with Crippen LogP contribution in [0.5, 0.6) is 11.5 Å². The maximum atomic E-state index is 12.5. The van der Waals surface area contributed by atoms with E-state index in [1.54, 1.807) is 13.8 Å². The Morgan fingerprint density at radius 1 is 0.615 bits per heavy atom. The van der Waals surface area contributed by atoms with Crippen molar-refractivity contribution in [2.75, 3.05) is 0 Å². The minimum Gasteiger partial charge on any atom is -0.422 e. The largest absolute Gasteiger partial charge is 0.422 e. The minimum absolute atomic E-state index is 0.331. The van der Waals surface area contributed by atoms with Crippen molar-refractivity contribution in [1.29, 1.82) is 0 Å². The highest BCUT2D eigenvalue weighted by molar-refractivity contribution is 5.91. The summed E-state index contributed by atoms with van der Waals surface area (Å²) >= 11 is 0. The van der Waals surface area contributed by atoms with E-state index in [0.29, 0.717) is 22.6 Å². The Morgan fingerprint density at radius 2 is 0.872 bits per heavy atom. The maximum Gasteiger partial charge on any atom is 0.338 e. The van der Waals surface area contributed by atoms with Crippen molar-refractivity contribution >= 4 is 36.2 Å². The summed E-state index contributed by atoms with van der Waals surface area (Å²) in [6, 6.07) is 8.20. The van der Waals surface area contributed by atoms with Crippen LogP contribution >= 0.6 is 0 Å². The average Bonchev–Trinajstić information content (AvgIpc) is 2.87. The van der Waals surface area contributed by atoms with Crippen LogP contribution in [0.25, 0.3) is 24.3 Å². The molecule has 0 saturated heterocycles. The number of carbonyl (C=O) groups excluding carboxylic acids is 2. The summed E-state index contributed by atoms with van der Waals surface area (Å²) in [6.07, 6.45) is 15.4. The number of esters is 2. The van der Waals surface area contributed by atoms with E-state index in [1.165, 1.54) is 0 Å². The van der Waals surface area contributed by atoms with Gasteiger partial charge in [0.2, 0.25) is 0 Å². The lowest BCUT2D eigenvalue weighted by Crippen LogP contribution is -2.21. The van der Waals surface area contributed by atoms with Gasteiger partial charge in [0.1, 0.15) is 11.5 Å². The van der Waals surface area contributed by atoms with Gasteiger partial charge in [-0.1, -0.05) is 75.6 Å². The smallest absolute Gasteiger partial charge is 0.338 e. The molecule has 0 spiro atoms. The van der Waals surface area contributed by atoms with E-state index in [0.717, 1.165) is 33.4 Å². The summed E-state index contributed by atoms with van der Waals surface area (Å²) in [6.45, 7) is 22.7. The minimum atomic E-state index is -0.467. The number of allylic oxidation sites excluding steroid dienone is 4. The summed E-state index contributed by atoms with van der Waals surface area (Å²) in [5.74, 6) is 0.0471. The fourth-order valence-electron chi connectivity index (χ4n) is 4.05. The predicted octanol–water partition coefficient (Wildman–Crippen LogP) is 9.11. The number of hydrogen-bond donors (Lipinski definition) is 0. The first-order valence-electron chi connectivity index (χ1n) is 13.0. The molecule has 39 heavy (non-hydrogen) atoms. The highest BCUT2D eigenvalue weighted by Crippen LogP contribution is 2.41. The van der Waals surface area contributed by atoms with Crippen LogP contribution in [0, 0.1) is 0 Å². The third-order valence-electron chi connectivity index (χ3n) is 6.21. The van der Waals surface area contributed by atoms with Crippen LogP contribution in [0.3, 0.4) is 0 Å². The van der Waals surface area contributed by atoms with Gasteiger partial charge in [-0.15, -0.1) is 0 Å². The molecule has 4 heteroatoms. The maximum absolute atomic E-state index is 12.5. The standard InChI is InChI=1S/C35H40O4/c1-11-15-25-19-29(20-26(16-12-2)31(25)38-33(36)23(5)6)35(9,10)30-21-27(17-13-3)32(28(22-30)18-14-4)39-34(37)24(7)8/h11-22H,5,7H2,1-4,6,8-10H3. The molecule has 0 bridgehead atoms. The van der Waals surface area contributed by atoms with Gasteiger partial charge in [-0.2, -0.15) is 0 Å². The summed E-state index contributed by atoms with van der Waals surface area (Å²) < 4.78 is 11.6. The molecule has 0 saturated carbocycles. The number of carbonyl (C=O) groups is 2. The fourth-order valence-corrected chi connectivity index (χ4v) is 4.05. The van der Waals surface area contributed by atoms with Gasteiger partial charge in [-0.05, 0) is 76.9 Å². The van der Waals surface area contributed by atoms with Crippen molar-refractivity contribution in [2.24, 2.45) is 0 Å². The molecular weight excluding hydrogens is 484 g/mol. The molecular formula is C35H40O4. The Balaban J connectivity index is 2.85. The van der Waals surface area contributed by atoms with Crippen LogP contribution in [-0.2, 0) is 15.0 Å². The third kappa shape index (κ3) is 7.44.